The summed E-state index contributed by atoms with van der Waals surface area (Å²) < 4.78 is 0. The Morgan fingerprint density at radius 1 is 1.15 bits per heavy atom. The van der Waals surface area contributed by atoms with Crippen LogP contribution in [0.1, 0.15) is 39.5 Å². The minimum Gasteiger partial charge on any atom is -0.371 e. The summed E-state index contributed by atoms with van der Waals surface area (Å²) in [5, 5.41) is 3.20. The van der Waals surface area contributed by atoms with E-state index in [0.717, 1.165) is 39.0 Å². The zero-order valence-electron chi connectivity index (χ0n) is 17.2. The first-order valence-electron chi connectivity index (χ1n) is 10.6. The van der Waals surface area contributed by atoms with Crippen LogP contribution in [0.5, 0.6) is 0 Å². The van der Waals surface area contributed by atoms with Crippen LogP contribution in [-0.2, 0) is 0 Å². The first kappa shape index (κ1) is 20.0. The van der Waals surface area contributed by atoms with Crippen LogP contribution in [0.25, 0.3) is 0 Å². The highest BCUT2D eigenvalue weighted by Crippen LogP contribution is 2.22. The summed E-state index contributed by atoms with van der Waals surface area (Å²) >= 11 is 0. The number of nitrogens with zero attached hydrogens (tertiary/aromatic N) is 3. The molecule has 2 fully saturated rings. The van der Waals surface area contributed by atoms with Crippen molar-refractivity contribution in [2.45, 2.75) is 51.6 Å². The zero-order valence-corrected chi connectivity index (χ0v) is 17.2. The van der Waals surface area contributed by atoms with Gasteiger partial charge in [0.15, 0.2) is 0 Å². The Labute approximate surface area is 164 Å². The van der Waals surface area contributed by atoms with Crippen molar-refractivity contribution >= 4 is 11.7 Å². The minimum absolute atomic E-state index is 0.123. The fraction of sp³-hybridized carbons (Fsp3) is 0.682. The Balaban J connectivity index is 1.41. The molecule has 1 unspecified atom stereocenters. The predicted octanol–water partition coefficient (Wildman–Crippen LogP) is 3.42. The second kappa shape index (κ2) is 9.45. The van der Waals surface area contributed by atoms with Gasteiger partial charge in [-0.2, -0.15) is 0 Å². The van der Waals surface area contributed by atoms with Crippen LogP contribution < -0.4 is 10.2 Å². The first-order chi connectivity index (χ1) is 13.0. The molecule has 1 atom stereocenters. The van der Waals surface area contributed by atoms with E-state index in [1.54, 1.807) is 0 Å². The van der Waals surface area contributed by atoms with E-state index >= 15 is 0 Å². The summed E-state index contributed by atoms with van der Waals surface area (Å²) in [6, 6.07) is 11.8. The van der Waals surface area contributed by atoms with E-state index < -0.39 is 0 Å². The number of amides is 2. The average molecular weight is 373 g/mol. The third kappa shape index (κ3) is 5.38. The number of likely N-dealkylation sites (tertiary alicyclic amines) is 2. The molecular weight excluding hydrogens is 336 g/mol. The Bertz CT molecular complexity index is 583. The lowest BCUT2D eigenvalue weighted by atomic mass is 9.97. The van der Waals surface area contributed by atoms with Gasteiger partial charge in [-0.25, -0.2) is 4.79 Å². The van der Waals surface area contributed by atoms with Crippen LogP contribution in [0.15, 0.2) is 30.3 Å². The highest BCUT2D eigenvalue weighted by atomic mass is 16.2. The molecule has 2 aliphatic rings. The monoisotopic (exact) mass is 372 g/mol. The van der Waals surface area contributed by atoms with E-state index in [9.17, 15) is 4.79 Å². The van der Waals surface area contributed by atoms with Gasteiger partial charge >= 0.3 is 6.03 Å². The number of piperidine rings is 2. The van der Waals surface area contributed by atoms with Gasteiger partial charge in [-0.15, -0.1) is 0 Å². The molecule has 0 aromatic heterocycles. The molecule has 2 heterocycles. The number of benzene rings is 1. The van der Waals surface area contributed by atoms with E-state index in [1.165, 1.54) is 25.1 Å². The normalized spacial score (nSPS) is 22.1. The number of anilines is 1. The highest BCUT2D eigenvalue weighted by molar-refractivity contribution is 5.74. The molecule has 5 nitrogen and oxygen atoms in total. The van der Waals surface area contributed by atoms with Crippen LogP contribution in [0, 0.1) is 5.92 Å². The first-order valence-corrected chi connectivity index (χ1v) is 10.6. The molecule has 0 radical (unpaired) electrons. The summed E-state index contributed by atoms with van der Waals surface area (Å²) in [4.78, 5) is 19.5. The summed E-state index contributed by atoms with van der Waals surface area (Å²) in [7, 11) is 2.17. The number of carbonyl (C=O) groups is 1. The summed E-state index contributed by atoms with van der Waals surface area (Å²) in [5.74, 6) is 0.590. The molecule has 1 aromatic carbocycles. The van der Waals surface area contributed by atoms with Gasteiger partial charge in [-0.05, 0) is 64.1 Å². The fourth-order valence-electron chi connectivity index (χ4n) is 4.41. The van der Waals surface area contributed by atoms with Gasteiger partial charge in [0.05, 0.1) is 0 Å². The third-order valence-corrected chi connectivity index (χ3v) is 6.29. The smallest absolute Gasteiger partial charge is 0.317 e. The molecule has 1 aromatic rings. The van der Waals surface area contributed by atoms with E-state index in [1.807, 2.05) is 4.90 Å². The number of nitrogens with one attached hydrogen (secondary N) is 1. The van der Waals surface area contributed by atoms with Crippen molar-refractivity contribution in [1.82, 2.24) is 15.1 Å². The summed E-state index contributed by atoms with van der Waals surface area (Å²) in [6.45, 7) is 9.33. The van der Waals surface area contributed by atoms with E-state index in [-0.39, 0.29) is 6.03 Å². The molecule has 5 heteroatoms. The molecule has 0 bridgehead atoms. The lowest BCUT2D eigenvalue weighted by Gasteiger charge is -2.38. The van der Waals surface area contributed by atoms with Gasteiger partial charge in [0, 0.05) is 51.0 Å². The highest BCUT2D eigenvalue weighted by Gasteiger charge is 2.27. The largest absolute Gasteiger partial charge is 0.371 e. The topological polar surface area (TPSA) is 38.8 Å². The molecule has 150 valence electrons. The van der Waals surface area contributed by atoms with E-state index in [0.29, 0.717) is 18.0 Å². The van der Waals surface area contributed by atoms with E-state index in [2.05, 4.69) is 66.3 Å². The number of carbonyl (C=O) groups excluding carboxylic acids is 1. The lowest BCUT2D eigenvalue weighted by molar-refractivity contribution is 0.135. The maximum absolute atomic E-state index is 12.6. The Morgan fingerprint density at radius 2 is 1.85 bits per heavy atom. The Hall–Kier alpha value is -1.75. The molecule has 2 saturated heterocycles. The number of hydrogen-bond donors (Lipinski definition) is 1. The summed E-state index contributed by atoms with van der Waals surface area (Å²) in [6.07, 6.45) is 4.54. The predicted molar refractivity (Wildman–Crippen MR) is 112 cm³/mol. The molecular formula is C22H36N4O. The van der Waals surface area contributed by atoms with Crippen molar-refractivity contribution in [1.29, 1.82) is 0 Å². The molecule has 27 heavy (non-hydrogen) atoms. The van der Waals surface area contributed by atoms with Gasteiger partial charge in [-0.1, -0.05) is 18.2 Å². The molecule has 3 rings (SSSR count). The van der Waals surface area contributed by atoms with Crippen molar-refractivity contribution < 1.29 is 4.79 Å². The molecule has 0 aliphatic carbocycles. The van der Waals surface area contributed by atoms with Gasteiger partial charge < -0.3 is 20.0 Å². The van der Waals surface area contributed by atoms with Crippen molar-refractivity contribution in [3.8, 4) is 0 Å². The second-order valence-electron chi connectivity index (χ2n) is 8.45. The van der Waals surface area contributed by atoms with Crippen LogP contribution >= 0.6 is 0 Å². The maximum atomic E-state index is 12.6. The molecule has 0 spiro atoms. The third-order valence-electron chi connectivity index (χ3n) is 6.29. The molecule has 2 amide bonds. The standard InChI is InChI=1S/C22H36N4O/c1-18(2)26-13-7-8-19(17-26)16-23-22(27)25-14-11-21(12-15-25)24(3)20-9-5-4-6-10-20/h4-6,9-10,18-19,21H,7-8,11-17H2,1-3H3,(H,23,27). The van der Waals surface area contributed by atoms with Gasteiger partial charge in [0.25, 0.3) is 0 Å². The Kier molecular flexibility index (Phi) is 7.00. The quantitative estimate of drug-likeness (QED) is 0.861. The minimum atomic E-state index is 0.123. The van der Waals surface area contributed by atoms with Crippen LogP contribution in [0.2, 0.25) is 0 Å². The van der Waals surface area contributed by atoms with Gasteiger partial charge in [-0.3, -0.25) is 0 Å². The van der Waals surface area contributed by atoms with Gasteiger partial charge in [0.1, 0.15) is 0 Å². The van der Waals surface area contributed by atoms with Crippen LogP contribution in [-0.4, -0.2) is 67.7 Å². The number of rotatable bonds is 5. The fourth-order valence-corrected chi connectivity index (χ4v) is 4.41. The van der Waals surface area contributed by atoms with Crippen LogP contribution in [0.4, 0.5) is 10.5 Å². The SMILES string of the molecule is CC(C)N1CCCC(CNC(=O)N2CCC(N(C)c3ccccc3)CC2)C1. The lowest BCUT2D eigenvalue weighted by Crippen LogP contribution is -2.50. The Morgan fingerprint density at radius 3 is 2.52 bits per heavy atom. The van der Waals surface area contributed by atoms with E-state index in [4.69, 9.17) is 0 Å². The summed E-state index contributed by atoms with van der Waals surface area (Å²) in [5.41, 5.74) is 1.26. The average Bonchev–Trinajstić information content (AvgIpc) is 2.72. The van der Waals surface area contributed by atoms with Crippen molar-refractivity contribution in [2.75, 3.05) is 44.7 Å². The van der Waals surface area contributed by atoms with Crippen molar-refractivity contribution in [3.63, 3.8) is 0 Å². The number of hydrogen-bond acceptors (Lipinski definition) is 3. The molecule has 2 aliphatic heterocycles. The van der Waals surface area contributed by atoms with Crippen LogP contribution in [0.3, 0.4) is 0 Å². The second-order valence-corrected chi connectivity index (χ2v) is 8.45. The zero-order chi connectivity index (χ0) is 19.2. The van der Waals surface area contributed by atoms with Gasteiger partial charge in [0.2, 0.25) is 0 Å². The maximum Gasteiger partial charge on any atom is 0.317 e. The molecule has 0 saturated carbocycles. The van der Waals surface area contributed by atoms with Crippen molar-refractivity contribution in [3.05, 3.63) is 30.3 Å². The van der Waals surface area contributed by atoms with Crippen molar-refractivity contribution in [2.24, 2.45) is 5.92 Å². The molecule has 1 N–H and O–H groups in total. The number of para-hydroxylation sites is 1. The number of urea groups is 1.